The van der Waals surface area contributed by atoms with Crippen LogP contribution < -0.4 is 9.64 Å². The second-order valence-electron chi connectivity index (χ2n) is 9.52. The molecule has 7 heteroatoms. The van der Waals surface area contributed by atoms with Crippen molar-refractivity contribution in [3.8, 4) is 5.75 Å². The van der Waals surface area contributed by atoms with Gasteiger partial charge >= 0.3 is 0 Å². The van der Waals surface area contributed by atoms with Gasteiger partial charge in [-0.05, 0) is 71.1 Å². The fourth-order valence-corrected chi connectivity index (χ4v) is 5.05. The highest BCUT2D eigenvalue weighted by molar-refractivity contribution is 5.95. The number of hydrogen-bond acceptors (Lipinski definition) is 5. The number of hydrogen-bond donors (Lipinski definition) is 0. The molecule has 5 rings (SSSR count). The Hall–Kier alpha value is -3.09. The third-order valence-corrected chi connectivity index (χ3v) is 6.59. The second-order valence-corrected chi connectivity index (χ2v) is 9.52. The van der Waals surface area contributed by atoms with Crippen LogP contribution in [-0.2, 0) is 0 Å². The second kappa shape index (κ2) is 9.04. The zero-order valence-corrected chi connectivity index (χ0v) is 19.8. The topological polar surface area (TPSA) is 63.0 Å². The standard InChI is InChI=1S/C26H33N5O2/c1-18(2)33-21-10-8-9-20(15-21)26(32)30-14-5-4-11-23(30)22-16-24-27-25(29-12-6-7-13-29)19(3)17-31(24)28-22/h8-10,15-18,23H,4-7,11-14H2,1-3H3/t23-/m0/s1. The van der Waals surface area contributed by atoms with Gasteiger partial charge in [-0.2, -0.15) is 5.10 Å². The third kappa shape index (κ3) is 4.41. The van der Waals surface area contributed by atoms with Gasteiger partial charge in [-0.1, -0.05) is 6.07 Å². The van der Waals surface area contributed by atoms with Crippen molar-refractivity contribution in [3.63, 3.8) is 0 Å². The molecule has 1 aromatic carbocycles. The molecule has 174 valence electrons. The first-order valence-corrected chi connectivity index (χ1v) is 12.2. The van der Waals surface area contributed by atoms with Crippen molar-refractivity contribution in [1.82, 2.24) is 19.5 Å². The number of fused-ring (bicyclic) bond motifs is 1. The Morgan fingerprint density at radius 2 is 1.88 bits per heavy atom. The maximum atomic E-state index is 13.5. The fourth-order valence-electron chi connectivity index (χ4n) is 5.05. The molecule has 2 aliphatic heterocycles. The zero-order valence-electron chi connectivity index (χ0n) is 19.8. The van der Waals surface area contributed by atoms with Crippen molar-refractivity contribution in [2.75, 3.05) is 24.5 Å². The van der Waals surface area contributed by atoms with Crippen molar-refractivity contribution < 1.29 is 9.53 Å². The minimum atomic E-state index is -0.0434. The van der Waals surface area contributed by atoms with Crippen LogP contribution in [0.25, 0.3) is 5.65 Å². The molecule has 1 amide bonds. The van der Waals surface area contributed by atoms with Crippen molar-refractivity contribution in [2.45, 2.75) is 65.0 Å². The Morgan fingerprint density at radius 1 is 1.09 bits per heavy atom. The fraction of sp³-hybridized carbons (Fsp3) is 0.500. The van der Waals surface area contributed by atoms with Gasteiger partial charge in [-0.3, -0.25) is 4.79 Å². The number of likely N-dealkylation sites (tertiary alicyclic amines) is 1. The lowest BCUT2D eigenvalue weighted by molar-refractivity contribution is 0.0605. The smallest absolute Gasteiger partial charge is 0.254 e. The molecule has 2 saturated heterocycles. The van der Waals surface area contributed by atoms with E-state index < -0.39 is 0 Å². The van der Waals surface area contributed by atoms with Gasteiger partial charge in [0.25, 0.3) is 5.91 Å². The quantitative estimate of drug-likeness (QED) is 0.563. The molecule has 4 heterocycles. The largest absolute Gasteiger partial charge is 0.491 e. The molecule has 2 aliphatic rings. The summed E-state index contributed by atoms with van der Waals surface area (Å²) in [6.07, 6.45) is 7.59. The number of ether oxygens (including phenoxy) is 1. The third-order valence-electron chi connectivity index (χ3n) is 6.59. The Bertz CT molecular complexity index is 1150. The summed E-state index contributed by atoms with van der Waals surface area (Å²) in [5, 5.41) is 4.87. The van der Waals surface area contributed by atoms with Crippen molar-refractivity contribution >= 4 is 17.4 Å². The van der Waals surface area contributed by atoms with E-state index in [-0.39, 0.29) is 18.1 Å². The van der Waals surface area contributed by atoms with Gasteiger partial charge in [0.1, 0.15) is 11.6 Å². The molecule has 3 aromatic rings. The minimum Gasteiger partial charge on any atom is -0.491 e. The predicted octanol–water partition coefficient (Wildman–Crippen LogP) is 4.79. The van der Waals surface area contributed by atoms with E-state index in [9.17, 15) is 4.79 Å². The Labute approximate surface area is 195 Å². The van der Waals surface area contributed by atoms with Crippen LogP contribution in [0.2, 0.25) is 0 Å². The first-order chi connectivity index (χ1) is 16.0. The van der Waals surface area contributed by atoms with Crippen molar-refractivity contribution in [2.24, 2.45) is 0 Å². The first-order valence-electron chi connectivity index (χ1n) is 12.2. The lowest BCUT2D eigenvalue weighted by Gasteiger charge is -2.34. The van der Waals surface area contributed by atoms with E-state index in [1.54, 1.807) is 0 Å². The van der Waals surface area contributed by atoms with Crippen LogP contribution in [0.1, 0.15) is 73.6 Å². The molecular weight excluding hydrogens is 414 g/mol. The summed E-state index contributed by atoms with van der Waals surface area (Å²) >= 11 is 0. The van der Waals surface area contributed by atoms with Gasteiger partial charge in [-0.15, -0.1) is 0 Å². The maximum Gasteiger partial charge on any atom is 0.254 e. The number of rotatable bonds is 5. The van der Waals surface area contributed by atoms with Gasteiger partial charge in [-0.25, -0.2) is 9.50 Å². The summed E-state index contributed by atoms with van der Waals surface area (Å²) < 4.78 is 7.68. The summed E-state index contributed by atoms with van der Waals surface area (Å²) in [6.45, 7) is 8.94. The average Bonchev–Trinajstić information content (AvgIpc) is 3.47. The van der Waals surface area contributed by atoms with Gasteiger partial charge in [0, 0.05) is 43.0 Å². The lowest BCUT2D eigenvalue weighted by Crippen LogP contribution is -2.38. The zero-order chi connectivity index (χ0) is 22.9. The van der Waals surface area contributed by atoms with E-state index in [4.69, 9.17) is 14.8 Å². The number of aromatic nitrogens is 3. The van der Waals surface area contributed by atoms with Gasteiger partial charge in [0.2, 0.25) is 0 Å². The minimum absolute atomic E-state index is 0.0351. The summed E-state index contributed by atoms with van der Waals surface area (Å²) in [5.74, 6) is 1.82. The molecule has 2 fully saturated rings. The van der Waals surface area contributed by atoms with E-state index in [0.717, 1.165) is 67.4 Å². The molecule has 2 aromatic heterocycles. The number of benzene rings is 1. The first kappa shape index (κ1) is 21.7. The van der Waals surface area contributed by atoms with Crippen LogP contribution in [0.5, 0.6) is 5.75 Å². The van der Waals surface area contributed by atoms with Crippen LogP contribution in [0, 0.1) is 6.92 Å². The van der Waals surface area contributed by atoms with Crippen LogP contribution in [0.4, 0.5) is 5.82 Å². The highest BCUT2D eigenvalue weighted by atomic mass is 16.5. The Kier molecular flexibility index (Phi) is 5.96. The highest BCUT2D eigenvalue weighted by Gasteiger charge is 2.31. The molecule has 0 radical (unpaired) electrons. The molecule has 0 bridgehead atoms. The van der Waals surface area contributed by atoms with Crippen LogP contribution >= 0.6 is 0 Å². The van der Waals surface area contributed by atoms with Crippen LogP contribution in [-0.4, -0.2) is 51.1 Å². The SMILES string of the molecule is Cc1cn2nc([C@@H]3CCCCN3C(=O)c3cccc(OC(C)C)c3)cc2nc1N1CCCC1. The molecule has 0 unspecified atom stereocenters. The summed E-state index contributed by atoms with van der Waals surface area (Å²) in [7, 11) is 0. The maximum absolute atomic E-state index is 13.5. The van der Waals surface area contributed by atoms with Crippen LogP contribution in [0.3, 0.4) is 0 Å². The molecule has 1 atom stereocenters. The molecule has 0 saturated carbocycles. The number of amides is 1. The normalized spacial score (nSPS) is 19.0. The monoisotopic (exact) mass is 447 g/mol. The number of piperidine rings is 1. The van der Waals surface area contributed by atoms with E-state index in [0.29, 0.717) is 5.56 Å². The summed E-state index contributed by atoms with van der Waals surface area (Å²) in [4.78, 5) is 22.8. The van der Waals surface area contributed by atoms with Gasteiger partial charge in [0.05, 0.1) is 17.8 Å². The molecule has 33 heavy (non-hydrogen) atoms. The molecule has 0 aliphatic carbocycles. The number of carbonyl (C=O) groups is 1. The van der Waals surface area contributed by atoms with Crippen molar-refractivity contribution in [1.29, 1.82) is 0 Å². The average molecular weight is 448 g/mol. The van der Waals surface area contributed by atoms with Crippen molar-refractivity contribution in [3.05, 3.63) is 53.3 Å². The Balaban J connectivity index is 1.44. The van der Waals surface area contributed by atoms with E-state index in [2.05, 4.69) is 24.1 Å². The van der Waals surface area contributed by atoms with Gasteiger partial charge in [0.15, 0.2) is 5.65 Å². The molecule has 0 N–H and O–H groups in total. The summed E-state index contributed by atoms with van der Waals surface area (Å²) in [6, 6.07) is 9.54. The molecule has 0 spiro atoms. The number of anilines is 1. The predicted molar refractivity (Wildman–Crippen MR) is 129 cm³/mol. The van der Waals surface area contributed by atoms with E-state index in [1.165, 1.54) is 12.8 Å². The molecular formula is C26H33N5O2. The van der Waals surface area contributed by atoms with E-state index >= 15 is 0 Å². The highest BCUT2D eigenvalue weighted by Crippen LogP contribution is 2.33. The lowest BCUT2D eigenvalue weighted by atomic mass is 9.98. The molecule has 7 nitrogen and oxygen atoms in total. The number of carbonyl (C=O) groups excluding carboxylic acids is 1. The summed E-state index contributed by atoms with van der Waals surface area (Å²) in [5.41, 5.74) is 3.57. The number of nitrogens with zero attached hydrogens (tertiary/aromatic N) is 5. The Morgan fingerprint density at radius 3 is 2.67 bits per heavy atom. The number of aryl methyl sites for hydroxylation is 1. The van der Waals surface area contributed by atoms with E-state index in [1.807, 2.05) is 47.5 Å². The van der Waals surface area contributed by atoms with Crippen LogP contribution in [0.15, 0.2) is 36.5 Å². The van der Waals surface area contributed by atoms with Gasteiger partial charge < -0.3 is 14.5 Å².